The van der Waals surface area contributed by atoms with Crippen molar-refractivity contribution in [3.05, 3.63) is 46.9 Å². The molecule has 0 radical (unpaired) electrons. The van der Waals surface area contributed by atoms with E-state index < -0.39 is 15.6 Å². The fourth-order valence-electron chi connectivity index (χ4n) is 4.01. The molecule has 190 valence electrons. The van der Waals surface area contributed by atoms with Crippen molar-refractivity contribution < 1.29 is 13.2 Å². The van der Waals surface area contributed by atoms with Gasteiger partial charge in [-0.1, -0.05) is 18.2 Å². The molecule has 1 aliphatic heterocycles. The Morgan fingerprint density at radius 3 is 2.31 bits per heavy atom. The van der Waals surface area contributed by atoms with E-state index in [1.54, 1.807) is 13.8 Å². The van der Waals surface area contributed by atoms with Crippen molar-refractivity contribution in [1.29, 1.82) is 5.26 Å². The number of fused-ring (bicyclic) bond motifs is 1. The highest BCUT2D eigenvalue weighted by Crippen LogP contribution is 2.26. The molecule has 0 aliphatic carbocycles. The molecule has 2 aromatic rings. The maximum atomic E-state index is 13.0. The first kappa shape index (κ1) is 27.2. The second kappa shape index (κ2) is 10.7. The van der Waals surface area contributed by atoms with Crippen LogP contribution in [0.2, 0.25) is 0 Å². The minimum Gasteiger partial charge on any atom is -0.376 e. The lowest BCUT2D eigenvalue weighted by Crippen LogP contribution is -2.44. The summed E-state index contributed by atoms with van der Waals surface area (Å²) in [5.41, 5.74) is 0.800. The minimum absolute atomic E-state index is 0.298. The molecule has 35 heavy (non-hydrogen) atoms. The summed E-state index contributed by atoms with van der Waals surface area (Å²) in [6.07, 6.45) is 1.91. The first-order chi connectivity index (χ1) is 16.3. The van der Waals surface area contributed by atoms with Crippen molar-refractivity contribution in [1.82, 2.24) is 9.62 Å². The first-order valence-corrected chi connectivity index (χ1v) is 13.5. The average Bonchev–Trinajstić information content (AvgIpc) is 2.75. The van der Waals surface area contributed by atoms with Crippen LogP contribution in [0.15, 0.2) is 41.3 Å². The third-order valence-corrected chi connectivity index (χ3v) is 7.70. The molecule has 7 nitrogen and oxygen atoms in total. The molecule has 0 amide bonds. The van der Waals surface area contributed by atoms with Gasteiger partial charge in [-0.25, -0.2) is 13.1 Å². The number of nitrogens with one attached hydrogen (secondary N) is 1. The number of ether oxygens (including phenoxy) is 1. The van der Waals surface area contributed by atoms with Crippen molar-refractivity contribution in [2.45, 2.75) is 52.2 Å². The van der Waals surface area contributed by atoms with Gasteiger partial charge in [-0.15, -0.1) is 0 Å². The Morgan fingerprint density at radius 1 is 1.06 bits per heavy atom. The smallest absolute Gasteiger partial charge is 0.251 e. The monoisotopic (exact) mass is 498 g/mol. The summed E-state index contributed by atoms with van der Waals surface area (Å²) >= 11 is 0. The lowest BCUT2D eigenvalue weighted by Gasteiger charge is -2.34. The van der Waals surface area contributed by atoms with Gasteiger partial charge in [0.25, 0.3) is 10.0 Å². The number of anilines is 1. The van der Waals surface area contributed by atoms with E-state index in [9.17, 15) is 13.7 Å². The standard InChI is InChI=1S/C27H38N4O3S/c1-26(2,3)34-16-11-27(4,5)29-35(32,33)25(20-28)18-21-7-8-23-19-24(10-9-22(23)17-21)31-14-12-30(6)13-15-31/h7-10,17-19,29H,11-16H2,1-6H3. The Bertz CT molecular complexity index is 1220. The van der Waals surface area contributed by atoms with Crippen LogP contribution in [0.1, 0.15) is 46.6 Å². The van der Waals surface area contributed by atoms with E-state index in [0.29, 0.717) is 18.6 Å². The number of likely N-dealkylation sites (N-methyl/N-ethyl adjacent to an activating group) is 1. The van der Waals surface area contributed by atoms with Gasteiger partial charge in [-0.3, -0.25) is 0 Å². The third-order valence-electron chi connectivity index (χ3n) is 6.09. The molecule has 2 aromatic carbocycles. The zero-order valence-corrected chi connectivity index (χ0v) is 22.6. The highest BCUT2D eigenvalue weighted by Gasteiger charge is 2.28. The second-order valence-electron chi connectivity index (χ2n) is 10.9. The molecule has 1 saturated heterocycles. The Balaban J connectivity index is 1.76. The second-order valence-corrected chi connectivity index (χ2v) is 12.6. The number of nitrogens with zero attached hydrogens (tertiary/aromatic N) is 3. The molecule has 1 heterocycles. The number of hydrogen-bond acceptors (Lipinski definition) is 6. The molecule has 0 saturated carbocycles. The summed E-state index contributed by atoms with van der Waals surface area (Å²) in [7, 11) is -1.85. The van der Waals surface area contributed by atoms with Crippen LogP contribution in [0, 0.1) is 11.3 Å². The lowest BCUT2D eigenvalue weighted by atomic mass is 10.0. The van der Waals surface area contributed by atoms with Crippen LogP contribution in [0.5, 0.6) is 0 Å². The van der Waals surface area contributed by atoms with Gasteiger partial charge in [0.05, 0.1) is 5.60 Å². The van der Waals surface area contributed by atoms with Gasteiger partial charge in [0.15, 0.2) is 4.91 Å². The molecule has 1 fully saturated rings. The lowest BCUT2D eigenvalue weighted by molar-refractivity contribution is -0.0102. The van der Waals surface area contributed by atoms with Crippen molar-refractivity contribution in [3.63, 3.8) is 0 Å². The van der Waals surface area contributed by atoms with Gasteiger partial charge in [0.2, 0.25) is 0 Å². The number of hydrogen-bond donors (Lipinski definition) is 1. The van der Waals surface area contributed by atoms with Crippen molar-refractivity contribution in [2.75, 3.05) is 44.7 Å². The van der Waals surface area contributed by atoms with Crippen LogP contribution in [0.25, 0.3) is 16.8 Å². The van der Waals surface area contributed by atoms with Crippen LogP contribution in [0.3, 0.4) is 0 Å². The molecule has 1 N–H and O–H groups in total. The summed E-state index contributed by atoms with van der Waals surface area (Å²) in [4.78, 5) is 4.40. The summed E-state index contributed by atoms with van der Waals surface area (Å²) < 4.78 is 34.4. The van der Waals surface area contributed by atoms with Crippen LogP contribution in [0.4, 0.5) is 5.69 Å². The van der Waals surface area contributed by atoms with E-state index >= 15 is 0 Å². The normalized spacial score (nSPS) is 16.5. The predicted octanol–water partition coefficient (Wildman–Crippen LogP) is 4.36. The van der Waals surface area contributed by atoms with E-state index in [2.05, 4.69) is 39.8 Å². The maximum Gasteiger partial charge on any atom is 0.251 e. The molecular formula is C27H38N4O3S. The van der Waals surface area contributed by atoms with Gasteiger partial charge in [-0.05, 0) is 88.7 Å². The van der Waals surface area contributed by atoms with Gasteiger partial charge >= 0.3 is 0 Å². The largest absolute Gasteiger partial charge is 0.376 e. The van der Waals surface area contributed by atoms with Crippen molar-refractivity contribution in [3.8, 4) is 6.07 Å². The Hall–Kier alpha value is -2.44. The quantitative estimate of drug-likeness (QED) is 0.545. The fraction of sp³-hybridized carbons (Fsp3) is 0.519. The van der Waals surface area contributed by atoms with E-state index in [4.69, 9.17) is 4.74 Å². The number of benzene rings is 2. The molecule has 0 spiro atoms. The third kappa shape index (κ3) is 7.77. The van der Waals surface area contributed by atoms with Crippen molar-refractivity contribution >= 4 is 32.6 Å². The zero-order chi connectivity index (χ0) is 25.9. The highest BCUT2D eigenvalue weighted by atomic mass is 32.2. The van der Waals surface area contributed by atoms with Crippen LogP contribution >= 0.6 is 0 Å². The van der Waals surface area contributed by atoms with E-state index in [-0.39, 0.29) is 10.5 Å². The molecule has 8 heteroatoms. The molecule has 0 aromatic heterocycles. The van der Waals surface area contributed by atoms with Gasteiger partial charge in [0, 0.05) is 44.0 Å². The molecule has 1 aliphatic rings. The molecular weight excluding hydrogens is 460 g/mol. The summed E-state index contributed by atoms with van der Waals surface area (Å²) in [6, 6.07) is 13.9. The minimum atomic E-state index is -3.99. The molecule has 0 atom stereocenters. The fourth-order valence-corrected chi connectivity index (χ4v) is 5.36. The van der Waals surface area contributed by atoms with Crippen LogP contribution < -0.4 is 9.62 Å². The Kier molecular flexibility index (Phi) is 8.28. The SMILES string of the molecule is CN1CCN(c2ccc3cc(C=C(C#N)S(=O)(=O)NC(C)(C)CCOC(C)(C)C)ccc3c2)CC1. The maximum absolute atomic E-state index is 13.0. The van der Waals surface area contributed by atoms with Gasteiger partial charge in [0.1, 0.15) is 6.07 Å². The molecule has 3 rings (SSSR count). The number of allylic oxidation sites excluding steroid dienone is 1. The van der Waals surface area contributed by atoms with Gasteiger partial charge in [-0.2, -0.15) is 5.26 Å². The Labute approximate surface area is 210 Å². The summed E-state index contributed by atoms with van der Waals surface area (Å²) in [6.45, 7) is 13.9. The van der Waals surface area contributed by atoms with E-state index in [1.807, 2.05) is 45.0 Å². The van der Waals surface area contributed by atoms with Crippen LogP contribution in [-0.2, 0) is 14.8 Å². The number of sulfonamides is 1. The predicted molar refractivity (Wildman–Crippen MR) is 144 cm³/mol. The highest BCUT2D eigenvalue weighted by molar-refractivity contribution is 7.93. The molecule has 0 unspecified atom stereocenters. The van der Waals surface area contributed by atoms with Crippen molar-refractivity contribution in [2.24, 2.45) is 0 Å². The van der Waals surface area contributed by atoms with Crippen LogP contribution in [-0.4, -0.2) is 64.3 Å². The van der Waals surface area contributed by atoms with E-state index in [0.717, 1.165) is 37.0 Å². The summed E-state index contributed by atoms with van der Waals surface area (Å²) in [5.74, 6) is 0. The molecule has 0 bridgehead atoms. The zero-order valence-electron chi connectivity index (χ0n) is 21.8. The number of nitriles is 1. The number of piperazine rings is 1. The number of rotatable bonds is 8. The first-order valence-electron chi connectivity index (χ1n) is 12.1. The van der Waals surface area contributed by atoms with E-state index in [1.165, 1.54) is 11.8 Å². The average molecular weight is 499 g/mol. The Morgan fingerprint density at radius 2 is 1.69 bits per heavy atom. The summed E-state index contributed by atoms with van der Waals surface area (Å²) in [5, 5.41) is 11.7. The van der Waals surface area contributed by atoms with Gasteiger partial charge < -0.3 is 14.5 Å². The topological polar surface area (TPSA) is 85.7 Å².